The van der Waals surface area contributed by atoms with Gasteiger partial charge in [-0.15, -0.1) is 0 Å². The second-order valence-electron chi connectivity index (χ2n) is 8.78. The first-order valence-corrected chi connectivity index (χ1v) is 12.8. The van der Waals surface area contributed by atoms with Crippen LogP contribution in [0.15, 0.2) is 24.3 Å². The van der Waals surface area contributed by atoms with Crippen molar-refractivity contribution in [2.45, 2.75) is 116 Å². The molecule has 194 valence electrons. The van der Waals surface area contributed by atoms with Crippen LogP contribution in [0.3, 0.4) is 0 Å². The molecule has 0 aliphatic heterocycles. The number of alkyl halides is 3. The molecule has 1 rings (SSSR count). The molecule has 0 radical (unpaired) electrons. The lowest BCUT2D eigenvalue weighted by atomic mass is 10.0. The lowest BCUT2D eigenvalue weighted by Gasteiger charge is -2.12. The second kappa shape index (κ2) is 18.3. The highest BCUT2D eigenvalue weighted by Gasteiger charge is 2.33. The topological polar surface area (TPSA) is 52.6 Å². The number of hydrogen-bond acceptors (Lipinski definition) is 4. The Labute approximate surface area is 202 Å². The average Bonchev–Trinajstić information content (AvgIpc) is 2.81. The van der Waals surface area contributed by atoms with Crippen LogP contribution in [-0.4, -0.2) is 18.5 Å². The number of benzene rings is 1. The molecule has 0 bridgehead atoms. The fourth-order valence-corrected chi connectivity index (χ4v) is 3.74. The first-order valence-electron chi connectivity index (χ1n) is 12.8. The Morgan fingerprint density at radius 1 is 0.706 bits per heavy atom. The van der Waals surface area contributed by atoms with Crippen LogP contribution in [0.25, 0.3) is 0 Å². The summed E-state index contributed by atoms with van der Waals surface area (Å²) in [5.74, 6) is -1.22. The number of carbonyl (C=O) groups is 2. The highest BCUT2D eigenvalue weighted by Crippen LogP contribution is 2.32. The maximum atomic E-state index is 12.9. The fourth-order valence-electron chi connectivity index (χ4n) is 3.74. The van der Waals surface area contributed by atoms with Gasteiger partial charge in [-0.1, -0.05) is 102 Å². The van der Waals surface area contributed by atoms with Crippen LogP contribution in [-0.2, 0) is 31.8 Å². The van der Waals surface area contributed by atoms with E-state index in [4.69, 9.17) is 9.47 Å². The van der Waals surface area contributed by atoms with Crippen molar-refractivity contribution in [3.63, 3.8) is 0 Å². The molecule has 1 aromatic carbocycles. The largest absolute Gasteiger partial charge is 0.466 e. The molecular formula is C27H41F3O4. The fraction of sp³-hybridized carbons (Fsp3) is 0.704. The van der Waals surface area contributed by atoms with Crippen molar-refractivity contribution in [3.05, 3.63) is 35.4 Å². The molecule has 0 saturated heterocycles. The summed E-state index contributed by atoms with van der Waals surface area (Å²) in [6.45, 7) is 2.08. The van der Waals surface area contributed by atoms with Crippen LogP contribution in [0, 0.1) is 0 Å². The molecule has 0 N–H and O–H groups in total. The van der Waals surface area contributed by atoms with Gasteiger partial charge in [0.15, 0.2) is 0 Å². The Hall–Kier alpha value is -2.05. The van der Waals surface area contributed by atoms with Crippen molar-refractivity contribution < 1.29 is 32.2 Å². The zero-order valence-electron chi connectivity index (χ0n) is 20.6. The summed E-state index contributed by atoms with van der Waals surface area (Å²) < 4.78 is 48.9. The number of hydrogen-bond donors (Lipinski definition) is 0. The molecule has 4 nitrogen and oxygen atoms in total. The monoisotopic (exact) mass is 486 g/mol. The Morgan fingerprint density at radius 3 is 1.71 bits per heavy atom. The van der Waals surface area contributed by atoms with E-state index in [1.807, 2.05) is 0 Å². The van der Waals surface area contributed by atoms with Gasteiger partial charge in [0.05, 0.1) is 25.0 Å². The molecule has 0 fully saturated rings. The third kappa shape index (κ3) is 15.0. The van der Waals surface area contributed by atoms with E-state index in [2.05, 4.69) is 6.92 Å². The van der Waals surface area contributed by atoms with Gasteiger partial charge in [-0.3, -0.25) is 9.59 Å². The lowest BCUT2D eigenvalue weighted by Crippen LogP contribution is -2.13. The molecular weight excluding hydrogens is 445 g/mol. The standard InChI is InChI=1S/C27H41F3O4/c1-2-3-4-5-6-7-8-9-10-11-12-13-16-21-33-25(31)19-20-26(32)34-22-23-17-14-15-18-24(23)27(28,29)30/h14-15,17-18H,2-13,16,19-22H2,1H3. The van der Waals surface area contributed by atoms with Crippen molar-refractivity contribution in [2.75, 3.05) is 6.61 Å². The minimum atomic E-state index is -4.51. The summed E-state index contributed by atoms with van der Waals surface area (Å²) in [6.07, 6.45) is 11.2. The summed E-state index contributed by atoms with van der Waals surface area (Å²) in [6, 6.07) is 4.94. The molecule has 34 heavy (non-hydrogen) atoms. The Kier molecular flexibility index (Phi) is 16.1. The molecule has 0 unspecified atom stereocenters. The van der Waals surface area contributed by atoms with Crippen molar-refractivity contribution in [2.24, 2.45) is 0 Å². The van der Waals surface area contributed by atoms with Gasteiger partial charge in [0, 0.05) is 5.56 Å². The van der Waals surface area contributed by atoms with E-state index in [1.54, 1.807) is 0 Å². The molecule has 7 heteroatoms. The number of unbranched alkanes of at least 4 members (excludes halogenated alkanes) is 12. The number of ether oxygens (including phenoxy) is 2. The predicted molar refractivity (Wildman–Crippen MR) is 127 cm³/mol. The van der Waals surface area contributed by atoms with Crippen molar-refractivity contribution in [1.82, 2.24) is 0 Å². The van der Waals surface area contributed by atoms with Crippen LogP contribution in [0.4, 0.5) is 13.2 Å². The highest BCUT2D eigenvalue weighted by atomic mass is 19.4. The van der Waals surface area contributed by atoms with E-state index < -0.39 is 30.3 Å². The first-order chi connectivity index (χ1) is 16.3. The van der Waals surface area contributed by atoms with E-state index >= 15 is 0 Å². The van der Waals surface area contributed by atoms with E-state index in [1.165, 1.54) is 82.4 Å². The second-order valence-corrected chi connectivity index (χ2v) is 8.78. The maximum absolute atomic E-state index is 12.9. The smallest absolute Gasteiger partial charge is 0.416 e. The number of rotatable bonds is 19. The summed E-state index contributed by atoms with van der Waals surface area (Å²) in [5, 5.41) is 0. The third-order valence-electron chi connectivity index (χ3n) is 5.76. The van der Waals surface area contributed by atoms with Gasteiger partial charge in [-0.05, 0) is 12.5 Å². The van der Waals surface area contributed by atoms with E-state index in [9.17, 15) is 22.8 Å². The van der Waals surface area contributed by atoms with Crippen molar-refractivity contribution >= 4 is 11.9 Å². The van der Waals surface area contributed by atoms with Gasteiger partial charge < -0.3 is 9.47 Å². The van der Waals surface area contributed by atoms with Gasteiger partial charge in [0.1, 0.15) is 6.61 Å². The lowest BCUT2D eigenvalue weighted by molar-refractivity contribution is -0.152. The zero-order chi connectivity index (χ0) is 25.1. The van der Waals surface area contributed by atoms with Crippen LogP contribution in [0.5, 0.6) is 0 Å². The molecule has 0 saturated carbocycles. The maximum Gasteiger partial charge on any atom is 0.416 e. The molecule has 1 aromatic rings. The number of halogens is 3. The summed E-state index contributed by atoms with van der Waals surface area (Å²) in [7, 11) is 0. The summed E-state index contributed by atoms with van der Waals surface area (Å²) >= 11 is 0. The van der Waals surface area contributed by atoms with Gasteiger partial charge in [0.2, 0.25) is 0 Å². The van der Waals surface area contributed by atoms with Crippen LogP contribution in [0.2, 0.25) is 0 Å². The molecule has 0 atom stereocenters. The minimum Gasteiger partial charge on any atom is -0.466 e. The number of esters is 2. The van der Waals surface area contributed by atoms with Crippen molar-refractivity contribution in [1.29, 1.82) is 0 Å². The molecule has 0 spiro atoms. The van der Waals surface area contributed by atoms with Gasteiger partial charge in [0.25, 0.3) is 0 Å². The summed E-state index contributed by atoms with van der Waals surface area (Å²) in [4.78, 5) is 23.5. The predicted octanol–water partition coefficient (Wildman–Crippen LogP) is 8.16. The molecule has 0 aliphatic carbocycles. The van der Waals surface area contributed by atoms with E-state index in [0.29, 0.717) is 6.61 Å². The minimum absolute atomic E-state index is 0.117. The SMILES string of the molecule is CCCCCCCCCCCCCCCOC(=O)CCC(=O)OCc1ccccc1C(F)(F)F. The average molecular weight is 487 g/mol. The van der Waals surface area contributed by atoms with Gasteiger partial charge in [-0.2, -0.15) is 13.2 Å². The molecule has 0 aliphatic rings. The first kappa shape index (κ1) is 30.0. The third-order valence-corrected chi connectivity index (χ3v) is 5.76. The van der Waals surface area contributed by atoms with Crippen LogP contribution < -0.4 is 0 Å². The Balaban J connectivity index is 1.99. The molecule has 0 heterocycles. The quantitative estimate of drug-likeness (QED) is 0.146. The van der Waals surface area contributed by atoms with Crippen molar-refractivity contribution in [3.8, 4) is 0 Å². The number of carbonyl (C=O) groups excluding carboxylic acids is 2. The van der Waals surface area contributed by atoms with Crippen LogP contribution >= 0.6 is 0 Å². The van der Waals surface area contributed by atoms with Crippen LogP contribution in [0.1, 0.15) is 114 Å². The summed E-state index contributed by atoms with van der Waals surface area (Å²) in [5.41, 5.74) is -0.951. The molecule has 0 aromatic heterocycles. The van der Waals surface area contributed by atoms with Gasteiger partial charge >= 0.3 is 18.1 Å². The molecule has 0 amide bonds. The Bertz CT molecular complexity index is 689. The van der Waals surface area contributed by atoms with E-state index in [0.717, 1.165) is 25.3 Å². The van der Waals surface area contributed by atoms with E-state index in [-0.39, 0.29) is 18.4 Å². The normalized spacial score (nSPS) is 11.4. The zero-order valence-corrected chi connectivity index (χ0v) is 20.6. The van der Waals surface area contributed by atoms with Gasteiger partial charge in [-0.25, -0.2) is 0 Å². The highest BCUT2D eigenvalue weighted by molar-refractivity contribution is 5.77. The Morgan fingerprint density at radius 2 is 1.18 bits per heavy atom.